The number of likely N-dealkylation sites (tertiary alicyclic amines) is 2. The monoisotopic (exact) mass is 648 g/mol. The van der Waals surface area contributed by atoms with Crippen molar-refractivity contribution in [2.45, 2.75) is 44.6 Å². The third-order valence-corrected chi connectivity index (χ3v) is 21.7. The molecule has 2 atom stereocenters. The number of rotatable bonds is 4. The van der Waals surface area contributed by atoms with Gasteiger partial charge in [0.05, 0.1) is 0 Å². The van der Waals surface area contributed by atoms with Crippen LogP contribution in [-0.2, 0) is 14.0 Å². The van der Waals surface area contributed by atoms with Crippen molar-refractivity contribution in [1.29, 1.82) is 0 Å². The summed E-state index contributed by atoms with van der Waals surface area (Å²) in [6, 6.07) is 27.9. The van der Waals surface area contributed by atoms with Gasteiger partial charge in [0, 0.05) is 0 Å². The van der Waals surface area contributed by atoms with Crippen LogP contribution in [0.5, 0.6) is 0 Å². The van der Waals surface area contributed by atoms with Gasteiger partial charge in [-0.25, -0.2) is 0 Å². The second kappa shape index (κ2) is 10.9. The van der Waals surface area contributed by atoms with Crippen LogP contribution in [0.1, 0.15) is 56.4 Å². The molecule has 2 heterocycles. The van der Waals surface area contributed by atoms with E-state index in [0.717, 1.165) is 0 Å². The fourth-order valence-corrected chi connectivity index (χ4v) is 20.6. The minimum atomic E-state index is -3.51. The van der Waals surface area contributed by atoms with Crippen LogP contribution >= 0.6 is 24.8 Å². The van der Waals surface area contributed by atoms with Gasteiger partial charge in [-0.3, -0.25) is 0 Å². The van der Waals surface area contributed by atoms with Crippen molar-refractivity contribution in [3.63, 3.8) is 0 Å². The van der Waals surface area contributed by atoms with Crippen LogP contribution in [0.4, 0.5) is 0 Å². The Kier molecular flexibility index (Phi) is 7.77. The van der Waals surface area contributed by atoms with Gasteiger partial charge >= 0.3 is 242 Å². The third-order valence-electron chi connectivity index (χ3n) is 10.6. The summed E-state index contributed by atoms with van der Waals surface area (Å²) in [5, 5.41) is 11.4. The zero-order chi connectivity index (χ0) is 27.1. The van der Waals surface area contributed by atoms with Crippen molar-refractivity contribution >= 4 is 66.1 Å². The zero-order valence-electron chi connectivity index (χ0n) is 24.8. The van der Waals surface area contributed by atoms with E-state index in [1.165, 1.54) is 84.5 Å². The Morgan fingerprint density at radius 2 is 0.952 bits per heavy atom. The first-order chi connectivity index (χ1) is 19.4. The number of nitrogens with zero attached hydrogens (tertiary/aromatic N) is 2. The first-order valence-corrected chi connectivity index (χ1v) is 24.4. The molecule has 2 aliphatic heterocycles. The first kappa shape index (κ1) is 30.0. The molecule has 0 bridgehead atoms. The van der Waals surface area contributed by atoms with Crippen LogP contribution in [0.25, 0.3) is 33.7 Å². The van der Waals surface area contributed by atoms with Crippen LogP contribution in [0.3, 0.4) is 0 Å². The number of hydrogen-bond acceptors (Lipinski definition) is 2. The average Bonchev–Trinajstić information content (AvgIpc) is 3.77. The number of hydrogen-bond donors (Lipinski definition) is 0. The van der Waals surface area contributed by atoms with Gasteiger partial charge in [0.25, 0.3) is 0 Å². The molecule has 42 heavy (non-hydrogen) atoms. The summed E-state index contributed by atoms with van der Waals surface area (Å²) in [7, 11) is 2.49. The number of halogens is 2. The van der Waals surface area contributed by atoms with Gasteiger partial charge in [0.15, 0.2) is 0 Å². The van der Waals surface area contributed by atoms with E-state index in [4.69, 9.17) is 0 Å². The quantitative estimate of drug-likeness (QED) is 0.204. The summed E-state index contributed by atoms with van der Waals surface area (Å²) in [5.74, 6) is 0. The Hall–Kier alpha value is -2.01. The zero-order valence-corrected chi connectivity index (χ0v) is 29.4. The van der Waals surface area contributed by atoms with Gasteiger partial charge < -0.3 is 0 Å². The van der Waals surface area contributed by atoms with Crippen LogP contribution < -0.4 is 0 Å². The van der Waals surface area contributed by atoms with E-state index in [0.29, 0.717) is 8.45 Å². The molecule has 4 aromatic rings. The molecule has 0 spiro atoms. The molecule has 0 aromatic heterocycles. The molecule has 2 fully saturated rings. The molecule has 0 amide bonds. The van der Waals surface area contributed by atoms with Crippen LogP contribution in [0.2, 0.25) is 10.5 Å². The molecule has 8 rings (SSSR count). The summed E-state index contributed by atoms with van der Waals surface area (Å²) >= 11 is -3.51. The van der Waals surface area contributed by atoms with Gasteiger partial charge in [0.1, 0.15) is 0 Å². The summed E-state index contributed by atoms with van der Waals surface area (Å²) in [5.41, 5.74) is 9.47. The summed E-state index contributed by atoms with van der Waals surface area (Å²) in [4.78, 5) is 5.56. The minimum absolute atomic E-state index is 0. The topological polar surface area (TPSA) is 6.48 Å². The van der Waals surface area contributed by atoms with E-state index >= 15 is 0 Å². The average molecular weight is 650 g/mol. The second-order valence-electron chi connectivity index (χ2n) is 13.9. The number of fused-ring (bicyclic) bond motifs is 6. The maximum absolute atomic E-state index is 3.51. The predicted octanol–water partition coefficient (Wildman–Crippen LogP) is 8.85. The Bertz CT molecular complexity index is 1700. The van der Waals surface area contributed by atoms with Crippen molar-refractivity contribution in [3.05, 3.63) is 106 Å². The van der Waals surface area contributed by atoms with Gasteiger partial charge in [-0.2, -0.15) is 0 Å². The van der Waals surface area contributed by atoms with Gasteiger partial charge in [-0.15, -0.1) is 24.8 Å². The Labute approximate surface area is 265 Å². The Morgan fingerprint density at radius 3 is 1.36 bits per heavy atom. The molecule has 0 radical (unpaired) electrons. The molecule has 218 valence electrons. The molecular formula is C36H42Cl2N2SiTi. The molecule has 2 saturated heterocycles. The standard InChI is InChI=1S/2C17H16N.2CH3.2ClH.H2Si.Ti/c2*1-2-6-16-13(5-1)7-8-14-11-15(12-17(14)16)18-9-3-4-10-18;;;;;;/h2*1-2,5-8,11-12H,3-4,9-10H2;2*1H3;2*1H;1H2;. The first-order valence-electron chi connectivity index (χ1n) is 15.4. The molecule has 6 heteroatoms. The Balaban J connectivity index is 0.00000158. The number of benzene rings is 4. The summed E-state index contributed by atoms with van der Waals surface area (Å²) < 4.78 is 0.992. The third kappa shape index (κ3) is 4.46. The van der Waals surface area contributed by atoms with Crippen molar-refractivity contribution < 1.29 is 14.0 Å². The van der Waals surface area contributed by atoms with Crippen molar-refractivity contribution in [2.75, 3.05) is 26.2 Å². The van der Waals surface area contributed by atoms with Gasteiger partial charge in [0.2, 0.25) is 0 Å². The van der Waals surface area contributed by atoms with E-state index in [1.54, 1.807) is 22.5 Å². The molecule has 2 aliphatic carbocycles. The fraction of sp³-hybridized carbons (Fsp3) is 0.333. The molecule has 0 N–H and O–H groups in total. The Morgan fingerprint density at radius 1 is 0.571 bits per heavy atom. The van der Waals surface area contributed by atoms with E-state index in [2.05, 4.69) is 113 Å². The fourth-order valence-electron chi connectivity index (χ4n) is 8.89. The van der Waals surface area contributed by atoms with E-state index < -0.39 is 14.0 Å². The molecule has 4 aliphatic rings. The molecular weight excluding hydrogens is 607 g/mol. The van der Waals surface area contributed by atoms with Crippen LogP contribution in [-0.4, -0.2) is 43.6 Å². The van der Waals surface area contributed by atoms with Crippen LogP contribution in [0.15, 0.2) is 84.2 Å². The SMILES string of the molecule is Cl.Cl.[CH3][Ti]([CH3])(=[SiH2])([CH]1C(N2CCCC2)=Cc2ccc3ccccc3c21)[CH]1C(N2CCCC2)=Cc2ccc3ccccc3c21. The predicted molar refractivity (Wildman–Crippen MR) is 186 cm³/mol. The van der Waals surface area contributed by atoms with E-state index in [-0.39, 0.29) is 24.8 Å². The van der Waals surface area contributed by atoms with Crippen molar-refractivity contribution in [3.8, 4) is 0 Å². The molecule has 2 nitrogen and oxygen atoms in total. The van der Waals surface area contributed by atoms with E-state index in [1.807, 2.05) is 0 Å². The number of allylic oxidation sites excluding steroid dienone is 2. The van der Waals surface area contributed by atoms with Crippen molar-refractivity contribution in [2.24, 2.45) is 0 Å². The molecule has 2 unspecified atom stereocenters. The van der Waals surface area contributed by atoms with E-state index in [9.17, 15) is 0 Å². The molecule has 4 aromatic carbocycles. The normalized spacial score (nSPS) is 21.6. The summed E-state index contributed by atoms with van der Waals surface area (Å²) in [6.45, 7) is 4.83. The van der Waals surface area contributed by atoms with Crippen molar-refractivity contribution in [1.82, 2.24) is 9.80 Å². The maximum atomic E-state index is 2.81. The van der Waals surface area contributed by atoms with Crippen LogP contribution in [0, 0.1) is 0 Å². The molecule has 0 saturated carbocycles. The van der Waals surface area contributed by atoms with Gasteiger partial charge in [-0.05, 0) is 0 Å². The second-order valence-corrected chi connectivity index (χ2v) is 34.1. The van der Waals surface area contributed by atoms with Gasteiger partial charge in [-0.1, -0.05) is 0 Å². The summed E-state index contributed by atoms with van der Waals surface area (Å²) in [6.07, 6.45) is 10.5.